The summed E-state index contributed by atoms with van der Waals surface area (Å²) in [6.45, 7) is 10.4. The molecule has 2 heteroatoms. The molecule has 0 spiro atoms. The van der Waals surface area contributed by atoms with Crippen molar-refractivity contribution in [3.8, 4) is 0 Å². The first-order valence-electron chi connectivity index (χ1n) is 7.17. The molecule has 0 radical (unpaired) electrons. The minimum absolute atomic E-state index is 0.595. The zero-order valence-electron chi connectivity index (χ0n) is 11.9. The van der Waals surface area contributed by atoms with Gasteiger partial charge in [0, 0.05) is 25.2 Å². The maximum absolute atomic E-state index is 3.69. The van der Waals surface area contributed by atoms with Crippen LogP contribution in [0.4, 0.5) is 0 Å². The van der Waals surface area contributed by atoms with Crippen molar-refractivity contribution < 1.29 is 0 Å². The molecule has 100 valence electrons. The summed E-state index contributed by atoms with van der Waals surface area (Å²) in [5.41, 5.74) is 1.43. The number of rotatable bonds is 4. The molecule has 0 unspecified atom stereocenters. The van der Waals surface area contributed by atoms with Gasteiger partial charge in [-0.05, 0) is 24.4 Å². The van der Waals surface area contributed by atoms with Crippen molar-refractivity contribution in [2.24, 2.45) is 5.92 Å². The van der Waals surface area contributed by atoms with Gasteiger partial charge >= 0.3 is 0 Å². The van der Waals surface area contributed by atoms with Gasteiger partial charge in [0.25, 0.3) is 0 Å². The normalized spacial score (nSPS) is 25.6. The van der Waals surface area contributed by atoms with Gasteiger partial charge in [-0.1, -0.05) is 51.1 Å². The molecular weight excluding hydrogens is 220 g/mol. The molecule has 0 saturated carbocycles. The minimum Gasteiger partial charge on any atom is -0.311 e. The lowest BCUT2D eigenvalue weighted by Gasteiger charge is -2.38. The second kappa shape index (κ2) is 6.35. The molecule has 2 nitrogen and oxygen atoms in total. The lowest BCUT2D eigenvalue weighted by Crippen LogP contribution is -2.49. The van der Waals surface area contributed by atoms with Gasteiger partial charge in [-0.25, -0.2) is 0 Å². The molecule has 0 bridgehead atoms. The van der Waals surface area contributed by atoms with Gasteiger partial charge < -0.3 is 5.32 Å². The van der Waals surface area contributed by atoms with E-state index in [2.05, 4.69) is 61.3 Å². The zero-order valence-corrected chi connectivity index (χ0v) is 11.9. The van der Waals surface area contributed by atoms with E-state index in [4.69, 9.17) is 0 Å². The fourth-order valence-corrected chi connectivity index (χ4v) is 2.89. The quantitative estimate of drug-likeness (QED) is 0.879. The molecule has 0 amide bonds. The molecular formula is C16H26N2. The Morgan fingerprint density at radius 1 is 1.28 bits per heavy atom. The van der Waals surface area contributed by atoms with Gasteiger partial charge in [0.15, 0.2) is 0 Å². The molecule has 1 aliphatic rings. The van der Waals surface area contributed by atoms with Crippen molar-refractivity contribution >= 4 is 0 Å². The van der Waals surface area contributed by atoms with Crippen LogP contribution in [0.1, 0.15) is 32.8 Å². The molecule has 2 rings (SSSR count). The molecule has 0 aromatic heterocycles. The van der Waals surface area contributed by atoms with Gasteiger partial charge in [0.1, 0.15) is 0 Å². The molecule has 1 aromatic rings. The summed E-state index contributed by atoms with van der Waals surface area (Å²) in [7, 11) is 0. The molecule has 1 heterocycles. The lowest BCUT2D eigenvalue weighted by molar-refractivity contribution is 0.137. The maximum atomic E-state index is 3.69. The third-order valence-corrected chi connectivity index (χ3v) is 3.79. The highest BCUT2D eigenvalue weighted by molar-refractivity contribution is 5.14. The Morgan fingerprint density at radius 2 is 2.00 bits per heavy atom. The van der Waals surface area contributed by atoms with Gasteiger partial charge in [-0.2, -0.15) is 0 Å². The Balaban J connectivity index is 1.85. The summed E-state index contributed by atoms with van der Waals surface area (Å²) in [6, 6.07) is 12.1. The van der Waals surface area contributed by atoms with E-state index in [9.17, 15) is 0 Å². The van der Waals surface area contributed by atoms with Crippen molar-refractivity contribution in [1.29, 1.82) is 0 Å². The molecule has 2 atom stereocenters. The SMILES string of the molecule is CC(C)N[C@@H]1CCN(Cc2ccccc2)C[C@H]1C. The lowest BCUT2D eigenvalue weighted by atomic mass is 9.93. The fourth-order valence-electron chi connectivity index (χ4n) is 2.89. The number of nitrogens with zero attached hydrogens (tertiary/aromatic N) is 1. The Bertz CT molecular complexity index is 347. The van der Waals surface area contributed by atoms with E-state index >= 15 is 0 Å². The topological polar surface area (TPSA) is 15.3 Å². The summed E-state index contributed by atoms with van der Waals surface area (Å²) in [5.74, 6) is 0.741. The number of likely N-dealkylation sites (tertiary alicyclic amines) is 1. The monoisotopic (exact) mass is 246 g/mol. The second-order valence-corrected chi connectivity index (χ2v) is 5.91. The van der Waals surface area contributed by atoms with E-state index in [-0.39, 0.29) is 0 Å². The highest BCUT2D eigenvalue weighted by atomic mass is 15.1. The molecule has 1 saturated heterocycles. The number of nitrogens with one attached hydrogen (secondary N) is 1. The molecule has 18 heavy (non-hydrogen) atoms. The zero-order chi connectivity index (χ0) is 13.0. The average molecular weight is 246 g/mol. The molecule has 1 aromatic carbocycles. The minimum atomic E-state index is 0.595. The summed E-state index contributed by atoms with van der Waals surface area (Å²) >= 11 is 0. The van der Waals surface area contributed by atoms with E-state index < -0.39 is 0 Å². The van der Waals surface area contributed by atoms with Crippen molar-refractivity contribution in [2.75, 3.05) is 13.1 Å². The molecule has 1 N–H and O–H groups in total. The summed E-state index contributed by atoms with van der Waals surface area (Å²) in [6.07, 6.45) is 1.27. The van der Waals surface area contributed by atoms with Gasteiger partial charge in [-0.15, -0.1) is 0 Å². The Labute approximate surface area is 111 Å². The van der Waals surface area contributed by atoms with Crippen LogP contribution in [-0.2, 0) is 6.54 Å². The molecule has 0 aliphatic carbocycles. The fraction of sp³-hybridized carbons (Fsp3) is 0.625. The highest BCUT2D eigenvalue weighted by Gasteiger charge is 2.25. The third-order valence-electron chi connectivity index (χ3n) is 3.79. The number of benzene rings is 1. The largest absolute Gasteiger partial charge is 0.311 e. The Kier molecular flexibility index (Phi) is 4.79. The van der Waals surface area contributed by atoms with Crippen LogP contribution in [-0.4, -0.2) is 30.1 Å². The van der Waals surface area contributed by atoms with E-state index in [1.807, 2.05) is 0 Å². The molecule has 1 fully saturated rings. The van der Waals surface area contributed by atoms with Gasteiger partial charge in [-0.3, -0.25) is 4.90 Å². The first-order valence-corrected chi connectivity index (χ1v) is 7.17. The van der Waals surface area contributed by atoms with Crippen molar-refractivity contribution in [1.82, 2.24) is 10.2 Å². The maximum Gasteiger partial charge on any atom is 0.0233 e. The van der Waals surface area contributed by atoms with Crippen LogP contribution < -0.4 is 5.32 Å². The summed E-state index contributed by atoms with van der Waals surface area (Å²) in [5, 5.41) is 3.69. The van der Waals surface area contributed by atoms with Crippen LogP contribution in [0, 0.1) is 5.92 Å². The number of piperidine rings is 1. The standard InChI is InChI=1S/C16H26N2/c1-13(2)17-16-9-10-18(11-14(16)3)12-15-7-5-4-6-8-15/h4-8,13-14,16-17H,9-12H2,1-3H3/t14-,16-/m1/s1. The Hall–Kier alpha value is -0.860. The predicted molar refractivity (Wildman–Crippen MR) is 77.6 cm³/mol. The van der Waals surface area contributed by atoms with Crippen molar-refractivity contribution in [3.05, 3.63) is 35.9 Å². The first kappa shape index (κ1) is 13.6. The third kappa shape index (κ3) is 3.82. The predicted octanol–water partition coefficient (Wildman–Crippen LogP) is 2.90. The van der Waals surface area contributed by atoms with E-state index in [0.29, 0.717) is 12.1 Å². The first-order chi connectivity index (χ1) is 8.65. The number of hydrogen-bond acceptors (Lipinski definition) is 2. The van der Waals surface area contributed by atoms with Crippen molar-refractivity contribution in [3.63, 3.8) is 0 Å². The molecule has 1 aliphatic heterocycles. The Morgan fingerprint density at radius 3 is 2.61 bits per heavy atom. The van der Waals surface area contributed by atoms with Crippen molar-refractivity contribution in [2.45, 2.75) is 45.8 Å². The van der Waals surface area contributed by atoms with Crippen LogP contribution in [0.2, 0.25) is 0 Å². The van der Waals surface area contributed by atoms with Gasteiger partial charge in [0.05, 0.1) is 0 Å². The summed E-state index contributed by atoms with van der Waals surface area (Å²) in [4.78, 5) is 2.58. The van der Waals surface area contributed by atoms with Crippen LogP contribution in [0.3, 0.4) is 0 Å². The van der Waals surface area contributed by atoms with E-state index in [0.717, 1.165) is 12.5 Å². The number of hydrogen-bond donors (Lipinski definition) is 1. The van der Waals surface area contributed by atoms with E-state index in [1.54, 1.807) is 0 Å². The van der Waals surface area contributed by atoms with Crippen LogP contribution in [0.15, 0.2) is 30.3 Å². The second-order valence-electron chi connectivity index (χ2n) is 5.91. The average Bonchev–Trinajstić information content (AvgIpc) is 2.33. The summed E-state index contributed by atoms with van der Waals surface area (Å²) < 4.78 is 0. The van der Waals surface area contributed by atoms with Crippen LogP contribution >= 0.6 is 0 Å². The van der Waals surface area contributed by atoms with E-state index in [1.165, 1.54) is 25.1 Å². The van der Waals surface area contributed by atoms with Crippen LogP contribution in [0.25, 0.3) is 0 Å². The van der Waals surface area contributed by atoms with Gasteiger partial charge in [0.2, 0.25) is 0 Å². The highest BCUT2D eigenvalue weighted by Crippen LogP contribution is 2.19. The van der Waals surface area contributed by atoms with Crippen LogP contribution in [0.5, 0.6) is 0 Å². The smallest absolute Gasteiger partial charge is 0.0233 e.